The van der Waals surface area contributed by atoms with E-state index in [1.807, 2.05) is 25.2 Å². The van der Waals surface area contributed by atoms with Crippen LogP contribution in [-0.2, 0) is 0 Å². The molecular formula is C8H18N2. The quantitative estimate of drug-likeness (QED) is 0.433. The van der Waals surface area contributed by atoms with Crippen LogP contribution in [0.15, 0.2) is 5.10 Å². The normalized spacial score (nSPS) is 14.0. The summed E-state index contributed by atoms with van der Waals surface area (Å²) in [5.74, 6) is 0. The molecule has 0 aromatic heterocycles. The molecule has 60 valence electrons. The van der Waals surface area contributed by atoms with Crippen molar-refractivity contribution in [3.63, 3.8) is 0 Å². The molecule has 0 saturated carbocycles. The molecule has 0 aliphatic rings. The molecule has 0 aromatic rings. The van der Waals surface area contributed by atoms with Gasteiger partial charge in [-0.05, 0) is 20.3 Å². The average Bonchev–Trinajstić information content (AvgIpc) is 1.89. The lowest BCUT2D eigenvalue weighted by atomic mass is 10.2. The van der Waals surface area contributed by atoms with Crippen molar-refractivity contribution in [3.8, 4) is 0 Å². The first-order valence-corrected chi connectivity index (χ1v) is 3.93. The SMILES string of the molecule is C/C=N\N(C)C(C)CCC. The van der Waals surface area contributed by atoms with Crippen LogP contribution in [0.1, 0.15) is 33.6 Å². The number of nitrogens with zero attached hydrogens (tertiary/aromatic N) is 2. The second kappa shape index (κ2) is 5.27. The maximum atomic E-state index is 4.15. The second-order valence-electron chi connectivity index (χ2n) is 2.59. The van der Waals surface area contributed by atoms with Gasteiger partial charge in [-0.3, -0.25) is 5.01 Å². The van der Waals surface area contributed by atoms with Gasteiger partial charge in [0.15, 0.2) is 0 Å². The van der Waals surface area contributed by atoms with Crippen LogP contribution in [0.3, 0.4) is 0 Å². The van der Waals surface area contributed by atoms with E-state index >= 15 is 0 Å². The van der Waals surface area contributed by atoms with Crippen molar-refractivity contribution in [1.29, 1.82) is 0 Å². The number of hydrazone groups is 1. The molecule has 0 heterocycles. The molecule has 0 aromatic carbocycles. The van der Waals surface area contributed by atoms with Gasteiger partial charge in [0.25, 0.3) is 0 Å². The highest BCUT2D eigenvalue weighted by Gasteiger charge is 2.02. The molecule has 0 amide bonds. The molecule has 10 heavy (non-hydrogen) atoms. The smallest absolute Gasteiger partial charge is 0.0439 e. The fourth-order valence-corrected chi connectivity index (χ4v) is 0.901. The van der Waals surface area contributed by atoms with E-state index in [1.54, 1.807) is 0 Å². The molecule has 0 bridgehead atoms. The zero-order valence-corrected chi connectivity index (χ0v) is 7.46. The minimum absolute atomic E-state index is 0.571. The Morgan fingerprint density at radius 1 is 1.60 bits per heavy atom. The average molecular weight is 142 g/mol. The molecule has 0 rings (SSSR count). The minimum Gasteiger partial charge on any atom is -0.298 e. The zero-order valence-electron chi connectivity index (χ0n) is 7.46. The molecule has 1 atom stereocenters. The molecular weight excluding hydrogens is 124 g/mol. The zero-order chi connectivity index (χ0) is 7.98. The summed E-state index contributed by atoms with van der Waals surface area (Å²) < 4.78 is 0. The van der Waals surface area contributed by atoms with E-state index in [1.165, 1.54) is 12.8 Å². The maximum absolute atomic E-state index is 4.15. The van der Waals surface area contributed by atoms with E-state index in [0.29, 0.717) is 6.04 Å². The Bertz CT molecular complexity index is 99.4. The number of hydrogen-bond donors (Lipinski definition) is 0. The van der Waals surface area contributed by atoms with Crippen LogP contribution in [0.2, 0.25) is 0 Å². The monoisotopic (exact) mass is 142 g/mol. The molecule has 2 nitrogen and oxygen atoms in total. The van der Waals surface area contributed by atoms with E-state index < -0.39 is 0 Å². The van der Waals surface area contributed by atoms with Crippen LogP contribution in [0, 0.1) is 0 Å². The number of rotatable bonds is 4. The van der Waals surface area contributed by atoms with E-state index in [0.717, 1.165) is 0 Å². The Kier molecular flexibility index (Phi) is 4.99. The summed E-state index contributed by atoms with van der Waals surface area (Å²) in [4.78, 5) is 0. The van der Waals surface area contributed by atoms with E-state index in [-0.39, 0.29) is 0 Å². The molecule has 1 unspecified atom stereocenters. The molecule has 0 N–H and O–H groups in total. The largest absolute Gasteiger partial charge is 0.298 e. The lowest BCUT2D eigenvalue weighted by Gasteiger charge is -2.20. The Morgan fingerprint density at radius 2 is 2.20 bits per heavy atom. The van der Waals surface area contributed by atoms with E-state index in [9.17, 15) is 0 Å². The van der Waals surface area contributed by atoms with Crippen LogP contribution in [0.5, 0.6) is 0 Å². The van der Waals surface area contributed by atoms with Crippen LogP contribution in [0.25, 0.3) is 0 Å². The van der Waals surface area contributed by atoms with Gasteiger partial charge in [-0.15, -0.1) is 0 Å². The van der Waals surface area contributed by atoms with Crippen LogP contribution in [0.4, 0.5) is 0 Å². The first-order chi connectivity index (χ1) is 4.72. The van der Waals surface area contributed by atoms with Gasteiger partial charge < -0.3 is 0 Å². The third kappa shape index (κ3) is 3.49. The van der Waals surface area contributed by atoms with Gasteiger partial charge in [0.2, 0.25) is 0 Å². The Hall–Kier alpha value is -0.530. The van der Waals surface area contributed by atoms with Gasteiger partial charge in [-0.1, -0.05) is 13.3 Å². The fraction of sp³-hybridized carbons (Fsp3) is 0.875. The van der Waals surface area contributed by atoms with Gasteiger partial charge in [-0.25, -0.2) is 0 Å². The summed E-state index contributed by atoms with van der Waals surface area (Å²) >= 11 is 0. The highest BCUT2D eigenvalue weighted by Crippen LogP contribution is 2.02. The Morgan fingerprint density at radius 3 is 2.60 bits per heavy atom. The maximum Gasteiger partial charge on any atom is 0.0439 e. The van der Waals surface area contributed by atoms with Crippen molar-refractivity contribution < 1.29 is 0 Å². The van der Waals surface area contributed by atoms with Crippen molar-refractivity contribution in [1.82, 2.24) is 5.01 Å². The molecule has 2 heteroatoms. The topological polar surface area (TPSA) is 15.6 Å². The second-order valence-corrected chi connectivity index (χ2v) is 2.59. The van der Waals surface area contributed by atoms with Crippen molar-refractivity contribution in [3.05, 3.63) is 0 Å². The van der Waals surface area contributed by atoms with Gasteiger partial charge >= 0.3 is 0 Å². The Labute approximate surface area is 63.9 Å². The lowest BCUT2D eigenvalue weighted by Crippen LogP contribution is -2.23. The molecule has 0 aliphatic carbocycles. The van der Waals surface area contributed by atoms with Crippen molar-refractivity contribution in [2.75, 3.05) is 7.05 Å². The Balaban J connectivity index is 3.58. The summed E-state index contributed by atoms with van der Waals surface area (Å²) in [5.41, 5.74) is 0. The first kappa shape index (κ1) is 9.47. The summed E-state index contributed by atoms with van der Waals surface area (Å²) in [6.45, 7) is 6.33. The third-order valence-electron chi connectivity index (χ3n) is 1.64. The minimum atomic E-state index is 0.571. The first-order valence-electron chi connectivity index (χ1n) is 3.93. The van der Waals surface area contributed by atoms with Crippen LogP contribution in [-0.4, -0.2) is 24.3 Å². The van der Waals surface area contributed by atoms with Crippen molar-refractivity contribution in [2.24, 2.45) is 5.10 Å². The molecule has 0 spiro atoms. The highest BCUT2D eigenvalue weighted by atomic mass is 15.4. The fourth-order valence-electron chi connectivity index (χ4n) is 0.901. The van der Waals surface area contributed by atoms with E-state index in [2.05, 4.69) is 18.9 Å². The molecule has 0 saturated heterocycles. The van der Waals surface area contributed by atoms with Crippen molar-refractivity contribution >= 4 is 6.21 Å². The van der Waals surface area contributed by atoms with Gasteiger partial charge in [0, 0.05) is 19.3 Å². The molecule has 0 aliphatic heterocycles. The van der Waals surface area contributed by atoms with Crippen molar-refractivity contribution in [2.45, 2.75) is 39.7 Å². The summed E-state index contributed by atoms with van der Waals surface area (Å²) in [6, 6.07) is 0.571. The third-order valence-corrected chi connectivity index (χ3v) is 1.64. The van der Waals surface area contributed by atoms with Gasteiger partial charge in [0.1, 0.15) is 0 Å². The summed E-state index contributed by atoms with van der Waals surface area (Å²) in [5, 5.41) is 6.15. The summed E-state index contributed by atoms with van der Waals surface area (Å²) in [6.07, 6.45) is 4.27. The highest BCUT2D eigenvalue weighted by molar-refractivity contribution is 5.52. The predicted molar refractivity (Wildman–Crippen MR) is 46.3 cm³/mol. The molecule has 0 radical (unpaired) electrons. The van der Waals surface area contributed by atoms with Gasteiger partial charge in [0.05, 0.1) is 0 Å². The lowest BCUT2D eigenvalue weighted by molar-refractivity contribution is 0.258. The standard InChI is InChI=1S/C8H18N2/c1-5-7-8(3)10(4)9-6-2/h6,8H,5,7H2,1-4H3/b9-6-. The predicted octanol–water partition coefficient (Wildman–Crippen LogP) is 2.11. The van der Waals surface area contributed by atoms with Crippen LogP contribution >= 0.6 is 0 Å². The number of hydrogen-bond acceptors (Lipinski definition) is 2. The van der Waals surface area contributed by atoms with E-state index in [4.69, 9.17) is 0 Å². The summed E-state index contributed by atoms with van der Waals surface area (Å²) in [7, 11) is 2.01. The molecule has 0 fully saturated rings. The van der Waals surface area contributed by atoms with Crippen LogP contribution < -0.4 is 0 Å². The van der Waals surface area contributed by atoms with Gasteiger partial charge in [-0.2, -0.15) is 5.10 Å².